The van der Waals surface area contributed by atoms with Crippen molar-refractivity contribution in [1.29, 1.82) is 5.26 Å². The van der Waals surface area contributed by atoms with E-state index in [0.717, 1.165) is 24.0 Å². The van der Waals surface area contributed by atoms with E-state index in [1.54, 1.807) is 0 Å². The van der Waals surface area contributed by atoms with Gasteiger partial charge in [0.15, 0.2) is 0 Å². The molecule has 3 heteroatoms. The molecule has 0 unspecified atom stereocenters. The Morgan fingerprint density at radius 2 is 2.12 bits per heavy atom. The third kappa shape index (κ3) is 2.06. The number of aryl methyl sites for hydroxylation is 1. The number of nitrogens with zero attached hydrogens (tertiary/aromatic N) is 3. The maximum Gasteiger partial charge on any atom is 0.0958 e. The Morgan fingerprint density at radius 1 is 1.38 bits per heavy atom. The average Bonchev–Trinajstić information content (AvgIpc) is 2.70. The molecule has 0 atom stereocenters. The first kappa shape index (κ1) is 10.7. The Hall–Kier alpha value is -1.82. The molecule has 0 saturated carbocycles. The van der Waals surface area contributed by atoms with Crippen molar-refractivity contribution in [3.63, 3.8) is 0 Å². The highest BCUT2D eigenvalue weighted by molar-refractivity contribution is 5.74. The predicted molar refractivity (Wildman–Crippen MR) is 63.7 cm³/mol. The van der Waals surface area contributed by atoms with Gasteiger partial charge in [0.1, 0.15) is 0 Å². The van der Waals surface area contributed by atoms with Crippen molar-refractivity contribution in [1.82, 2.24) is 9.55 Å². The largest absolute Gasteiger partial charge is 0.331 e. The van der Waals surface area contributed by atoms with Gasteiger partial charge in [0.2, 0.25) is 0 Å². The highest BCUT2D eigenvalue weighted by atomic mass is 15.0. The lowest BCUT2D eigenvalue weighted by molar-refractivity contribution is 0.417. The van der Waals surface area contributed by atoms with Crippen LogP contribution < -0.4 is 0 Å². The molecular weight excluding hydrogens is 198 g/mol. The molecule has 0 aliphatic carbocycles. The van der Waals surface area contributed by atoms with E-state index < -0.39 is 0 Å². The number of para-hydroxylation sites is 2. The number of fused-ring (bicyclic) bond motifs is 1. The van der Waals surface area contributed by atoms with Crippen LogP contribution in [0.5, 0.6) is 0 Å². The Kier molecular flexibility index (Phi) is 2.66. The standard InChI is InChI=1S/C13H15N3/c1-13(2,9-14)7-8-16-10-15-11-5-3-4-6-12(11)16/h3-6,10H,7-8H2,1-2H3. The fourth-order valence-electron chi connectivity index (χ4n) is 1.64. The van der Waals surface area contributed by atoms with E-state index in [9.17, 15) is 0 Å². The second kappa shape index (κ2) is 3.97. The van der Waals surface area contributed by atoms with Gasteiger partial charge >= 0.3 is 0 Å². The summed E-state index contributed by atoms with van der Waals surface area (Å²) in [5, 5.41) is 8.96. The van der Waals surface area contributed by atoms with Crippen molar-refractivity contribution in [2.24, 2.45) is 5.41 Å². The topological polar surface area (TPSA) is 41.6 Å². The lowest BCUT2D eigenvalue weighted by Gasteiger charge is -2.15. The lowest BCUT2D eigenvalue weighted by Crippen LogP contribution is -2.11. The van der Waals surface area contributed by atoms with Crippen molar-refractivity contribution >= 4 is 11.0 Å². The molecule has 0 aliphatic rings. The van der Waals surface area contributed by atoms with E-state index in [-0.39, 0.29) is 5.41 Å². The number of aromatic nitrogens is 2. The molecule has 1 aromatic carbocycles. The van der Waals surface area contributed by atoms with Gasteiger partial charge in [-0.15, -0.1) is 0 Å². The molecule has 0 radical (unpaired) electrons. The number of imidazole rings is 1. The van der Waals surface area contributed by atoms with Gasteiger partial charge in [0, 0.05) is 6.54 Å². The van der Waals surface area contributed by atoms with Crippen molar-refractivity contribution < 1.29 is 0 Å². The van der Waals surface area contributed by atoms with Crippen LogP contribution in [-0.2, 0) is 6.54 Å². The number of hydrogen-bond acceptors (Lipinski definition) is 2. The fraction of sp³-hybridized carbons (Fsp3) is 0.385. The average molecular weight is 213 g/mol. The van der Waals surface area contributed by atoms with Crippen LogP contribution in [0.2, 0.25) is 0 Å². The third-order valence-electron chi connectivity index (χ3n) is 2.81. The second-order valence-corrected chi connectivity index (χ2v) is 4.67. The van der Waals surface area contributed by atoms with Gasteiger partial charge in [-0.25, -0.2) is 4.98 Å². The second-order valence-electron chi connectivity index (χ2n) is 4.67. The van der Waals surface area contributed by atoms with E-state index in [1.807, 2.05) is 38.4 Å². The van der Waals surface area contributed by atoms with Crippen LogP contribution in [0, 0.1) is 16.7 Å². The summed E-state index contributed by atoms with van der Waals surface area (Å²) < 4.78 is 2.11. The minimum Gasteiger partial charge on any atom is -0.331 e. The Labute approximate surface area is 95.3 Å². The normalized spacial score (nSPS) is 11.6. The zero-order valence-electron chi connectivity index (χ0n) is 9.64. The summed E-state index contributed by atoms with van der Waals surface area (Å²) in [6, 6.07) is 10.4. The van der Waals surface area contributed by atoms with Crippen LogP contribution in [0.4, 0.5) is 0 Å². The number of nitriles is 1. The molecule has 0 saturated heterocycles. The monoisotopic (exact) mass is 213 g/mol. The van der Waals surface area contributed by atoms with E-state index in [1.165, 1.54) is 0 Å². The number of benzene rings is 1. The highest BCUT2D eigenvalue weighted by Gasteiger charge is 2.16. The highest BCUT2D eigenvalue weighted by Crippen LogP contribution is 2.21. The third-order valence-corrected chi connectivity index (χ3v) is 2.81. The van der Waals surface area contributed by atoms with Gasteiger partial charge in [-0.05, 0) is 32.4 Å². The van der Waals surface area contributed by atoms with Gasteiger partial charge in [0.25, 0.3) is 0 Å². The molecule has 0 fully saturated rings. The van der Waals surface area contributed by atoms with E-state index in [0.29, 0.717) is 0 Å². The summed E-state index contributed by atoms with van der Waals surface area (Å²) in [4.78, 5) is 4.33. The molecule has 0 spiro atoms. The molecule has 0 aliphatic heterocycles. The summed E-state index contributed by atoms with van der Waals surface area (Å²) in [5.74, 6) is 0. The van der Waals surface area contributed by atoms with Crippen LogP contribution >= 0.6 is 0 Å². The zero-order chi connectivity index (χ0) is 11.6. The summed E-state index contributed by atoms with van der Waals surface area (Å²) in [7, 11) is 0. The van der Waals surface area contributed by atoms with Crippen LogP contribution in [0.25, 0.3) is 11.0 Å². The van der Waals surface area contributed by atoms with Crippen molar-refractivity contribution in [3.8, 4) is 6.07 Å². The molecule has 1 aromatic heterocycles. The minimum absolute atomic E-state index is 0.272. The van der Waals surface area contributed by atoms with Gasteiger partial charge in [-0.2, -0.15) is 5.26 Å². The molecule has 0 amide bonds. The van der Waals surface area contributed by atoms with Gasteiger partial charge < -0.3 is 4.57 Å². The summed E-state index contributed by atoms with van der Waals surface area (Å²) in [5.41, 5.74) is 1.87. The molecule has 3 nitrogen and oxygen atoms in total. The number of hydrogen-bond donors (Lipinski definition) is 0. The zero-order valence-corrected chi connectivity index (χ0v) is 9.64. The van der Waals surface area contributed by atoms with Gasteiger partial charge in [-0.1, -0.05) is 12.1 Å². The van der Waals surface area contributed by atoms with Gasteiger partial charge in [0.05, 0.1) is 28.8 Å². The Bertz CT molecular complexity index is 531. The molecule has 2 rings (SSSR count). The maximum absolute atomic E-state index is 8.96. The SMILES string of the molecule is CC(C)(C#N)CCn1cnc2ccccc21. The van der Waals surface area contributed by atoms with Crippen molar-refractivity contribution in [2.45, 2.75) is 26.8 Å². The predicted octanol–water partition coefficient (Wildman–Crippen LogP) is 2.98. The summed E-state index contributed by atoms with van der Waals surface area (Å²) in [6.07, 6.45) is 2.68. The van der Waals surface area contributed by atoms with Crippen LogP contribution in [0.3, 0.4) is 0 Å². The van der Waals surface area contributed by atoms with E-state index in [4.69, 9.17) is 5.26 Å². The van der Waals surface area contributed by atoms with Crippen molar-refractivity contribution in [2.75, 3.05) is 0 Å². The first-order chi connectivity index (χ1) is 7.62. The molecule has 2 aromatic rings. The van der Waals surface area contributed by atoms with E-state index in [2.05, 4.69) is 21.7 Å². The fourth-order valence-corrected chi connectivity index (χ4v) is 1.64. The Morgan fingerprint density at radius 3 is 2.88 bits per heavy atom. The number of rotatable bonds is 3. The van der Waals surface area contributed by atoms with Crippen LogP contribution in [-0.4, -0.2) is 9.55 Å². The van der Waals surface area contributed by atoms with Crippen LogP contribution in [0.1, 0.15) is 20.3 Å². The smallest absolute Gasteiger partial charge is 0.0958 e. The molecular formula is C13H15N3. The minimum atomic E-state index is -0.272. The lowest BCUT2D eigenvalue weighted by atomic mass is 9.91. The Balaban J connectivity index is 2.20. The van der Waals surface area contributed by atoms with Crippen LogP contribution in [0.15, 0.2) is 30.6 Å². The van der Waals surface area contributed by atoms with E-state index >= 15 is 0 Å². The molecule has 0 N–H and O–H groups in total. The summed E-state index contributed by atoms with van der Waals surface area (Å²) >= 11 is 0. The molecule has 82 valence electrons. The first-order valence-corrected chi connectivity index (χ1v) is 5.43. The van der Waals surface area contributed by atoms with Gasteiger partial charge in [-0.3, -0.25) is 0 Å². The first-order valence-electron chi connectivity index (χ1n) is 5.43. The molecule has 1 heterocycles. The molecule has 16 heavy (non-hydrogen) atoms. The summed E-state index contributed by atoms with van der Waals surface area (Å²) in [6.45, 7) is 4.76. The molecule has 0 bridgehead atoms. The van der Waals surface area contributed by atoms with Crippen molar-refractivity contribution in [3.05, 3.63) is 30.6 Å². The maximum atomic E-state index is 8.96. The quantitative estimate of drug-likeness (QED) is 0.786.